The summed E-state index contributed by atoms with van der Waals surface area (Å²) in [5.74, 6) is -0.941. The van der Waals surface area contributed by atoms with Crippen LogP contribution in [0.3, 0.4) is 0 Å². The Morgan fingerprint density at radius 2 is 1.79 bits per heavy atom. The number of pyridine rings is 2. The molecule has 1 amide bonds. The molecule has 33 heavy (non-hydrogen) atoms. The van der Waals surface area contributed by atoms with Crippen molar-refractivity contribution in [2.45, 2.75) is 32.4 Å². The first kappa shape index (κ1) is 20.9. The van der Waals surface area contributed by atoms with Gasteiger partial charge in [0, 0.05) is 24.5 Å². The van der Waals surface area contributed by atoms with Gasteiger partial charge in [0.15, 0.2) is 0 Å². The first-order chi connectivity index (χ1) is 16.0. The maximum absolute atomic E-state index is 13.2. The van der Waals surface area contributed by atoms with Crippen LogP contribution in [0.1, 0.15) is 28.4 Å². The van der Waals surface area contributed by atoms with Crippen molar-refractivity contribution in [3.63, 3.8) is 0 Å². The lowest BCUT2D eigenvalue weighted by atomic mass is 10.1. The molecular weight excluding hydrogens is 419 g/mol. The van der Waals surface area contributed by atoms with Crippen molar-refractivity contribution in [2.75, 3.05) is 10.6 Å². The third-order valence-electron chi connectivity index (χ3n) is 6.02. The fraction of sp³-hybridized carbons (Fsp3) is 0.192. The number of amides is 1. The van der Waals surface area contributed by atoms with E-state index < -0.39 is 11.7 Å². The molecule has 2 aromatic carbocycles. The van der Waals surface area contributed by atoms with Crippen molar-refractivity contribution in [1.82, 2.24) is 9.55 Å². The van der Waals surface area contributed by atoms with Gasteiger partial charge in [-0.05, 0) is 61.2 Å². The van der Waals surface area contributed by atoms with Gasteiger partial charge in [-0.2, -0.15) is 0 Å². The van der Waals surface area contributed by atoms with E-state index in [0.29, 0.717) is 23.3 Å². The monoisotopic (exact) mass is 442 g/mol. The zero-order valence-corrected chi connectivity index (χ0v) is 18.1. The van der Waals surface area contributed by atoms with Crippen LogP contribution in [-0.4, -0.2) is 21.5 Å². The highest BCUT2D eigenvalue weighted by Gasteiger charge is 2.22. The Kier molecular flexibility index (Phi) is 5.38. The summed E-state index contributed by atoms with van der Waals surface area (Å²) in [6, 6.07) is 15.8. The molecule has 0 atom stereocenters. The van der Waals surface area contributed by atoms with Crippen molar-refractivity contribution >= 4 is 28.3 Å². The highest BCUT2D eigenvalue weighted by atomic mass is 19.1. The Balaban J connectivity index is 1.46. The van der Waals surface area contributed by atoms with Gasteiger partial charge in [-0.3, -0.25) is 9.59 Å². The number of carbonyl (C=O) groups excluding carboxylic acids is 1. The van der Waals surface area contributed by atoms with E-state index in [1.807, 2.05) is 19.1 Å². The number of fused-ring (bicyclic) bond motifs is 2. The maximum atomic E-state index is 13.2. The lowest BCUT2D eigenvalue weighted by Crippen LogP contribution is -2.25. The molecular formula is C26H23FN4O2. The van der Waals surface area contributed by atoms with Gasteiger partial charge in [-0.1, -0.05) is 24.3 Å². The lowest BCUT2D eigenvalue weighted by Gasteiger charge is -2.15. The van der Waals surface area contributed by atoms with Gasteiger partial charge < -0.3 is 15.2 Å². The van der Waals surface area contributed by atoms with Crippen molar-refractivity contribution < 1.29 is 9.18 Å². The molecule has 2 N–H and O–H groups in total. The van der Waals surface area contributed by atoms with E-state index in [0.717, 1.165) is 18.5 Å². The fourth-order valence-corrected chi connectivity index (χ4v) is 4.38. The second-order valence-electron chi connectivity index (χ2n) is 8.23. The van der Waals surface area contributed by atoms with Crippen molar-refractivity contribution in [2.24, 2.45) is 0 Å². The smallest absolute Gasteiger partial charge is 0.261 e. The quantitative estimate of drug-likeness (QED) is 0.481. The summed E-state index contributed by atoms with van der Waals surface area (Å²) in [5.41, 5.74) is 3.98. The van der Waals surface area contributed by atoms with Crippen LogP contribution in [0, 0.1) is 5.82 Å². The predicted molar refractivity (Wildman–Crippen MR) is 127 cm³/mol. The molecule has 2 heterocycles. The molecule has 4 aromatic rings. The van der Waals surface area contributed by atoms with Crippen LogP contribution in [-0.2, 0) is 19.4 Å². The number of rotatable bonds is 5. The van der Waals surface area contributed by atoms with Crippen molar-refractivity contribution in [1.29, 1.82) is 0 Å². The highest BCUT2D eigenvalue weighted by Crippen LogP contribution is 2.25. The number of aromatic nitrogens is 2. The normalized spacial score (nSPS) is 13.2. The van der Waals surface area contributed by atoms with Crippen molar-refractivity contribution in [3.8, 4) is 0 Å². The molecule has 0 aliphatic heterocycles. The molecule has 0 unspecified atom stereocenters. The first-order valence-electron chi connectivity index (χ1n) is 10.9. The minimum Gasteiger partial charge on any atom is -0.380 e. The standard InChI is InChI=1S/C26H23FN4O2/c1-2-31-15-23(26(33)30-19-9-7-18(27)8-10-19)24(32)22-13-21(14-28-25(22)31)29-20-11-16-5-3-4-6-17(16)12-20/h3-10,13-15,20,29H,2,11-12H2,1H3,(H,30,33). The minimum atomic E-state index is -0.541. The molecule has 0 radical (unpaired) electrons. The van der Waals surface area contributed by atoms with Crippen LogP contribution in [0.15, 0.2) is 71.8 Å². The topological polar surface area (TPSA) is 76.0 Å². The molecule has 0 saturated carbocycles. The zero-order valence-electron chi connectivity index (χ0n) is 18.1. The van der Waals surface area contributed by atoms with E-state index in [4.69, 9.17) is 0 Å². The van der Waals surface area contributed by atoms with Gasteiger partial charge in [-0.15, -0.1) is 0 Å². The van der Waals surface area contributed by atoms with Crippen LogP contribution < -0.4 is 16.1 Å². The number of nitrogens with zero attached hydrogens (tertiary/aromatic N) is 2. The number of aryl methyl sites for hydroxylation is 1. The van der Waals surface area contributed by atoms with Crippen LogP contribution in [0.25, 0.3) is 11.0 Å². The number of carbonyl (C=O) groups is 1. The Morgan fingerprint density at radius 3 is 2.45 bits per heavy atom. The van der Waals surface area contributed by atoms with Crippen molar-refractivity contribution in [3.05, 3.63) is 99.7 Å². The maximum Gasteiger partial charge on any atom is 0.261 e. The van der Waals surface area contributed by atoms with Gasteiger partial charge in [0.25, 0.3) is 5.91 Å². The second kappa shape index (κ2) is 8.50. The van der Waals surface area contributed by atoms with E-state index in [-0.39, 0.29) is 17.0 Å². The number of benzene rings is 2. The summed E-state index contributed by atoms with van der Waals surface area (Å²) >= 11 is 0. The van der Waals surface area contributed by atoms with E-state index in [9.17, 15) is 14.0 Å². The van der Waals surface area contributed by atoms with Gasteiger partial charge in [0.05, 0.1) is 17.3 Å². The van der Waals surface area contributed by atoms with E-state index in [2.05, 4.69) is 27.8 Å². The minimum absolute atomic E-state index is 0.0147. The van der Waals surface area contributed by atoms with Crippen LogP contribution in [0.4, 0.5) is 15.8 Å². The molecule has 0 bridgehead atoms. The summed E-state index contributed by atoms with van der Waals surface area (Å²) in [4.78, 5) is 30.6. The Morgan fingerprint density at radius 1 is 1.09 bits per heavy atom. The second-order valence-corrected chi connectivity index (χ2v) is 8.23. The SMILES string of the molecule is CCn1cc(C(=O)Nc2ccc(F)cc2)c(=O)c2cc(NC3Cc4ccccc4C3)cnc21. The van der Waals surface area contributed by atoms with Gasteiger partial charge >= 0.3 is 0 Å². The molecule has 0 spiro atoms. The molecule has 5 rings (SSSR count). The highest BCUT2D eigenvalue weighted by molar-refractivity contribution is 6.05. The van der Waals surface area contributed by atoms with E-state index in [1.54, 1.807) is 16.8 Å². The van der Waals surface area contributed by atoms with Crippen LogP contribution in [0.2, 0.25) is 0 Å². The van der Waals surface area contributed by atoms with Gasteiger partial charge in [-0.25, -0.2) is 9.37 Å². The molecule has 7 heteroatoms. The van der Waals surface area contributed by atoms with E-state index in [1.165, 1.54) is 41.6 Å². The van der Waals surface area contributed by atoms with Crippen LogP contribution >= 0.6 is 0 Å². The Bertz CT molecular complexity index is 1390. The first-order valence-corrected chi connectivity index (χ1v) is 10.9. The average molecular weight is 442 g/mol. The summed E-state index contributed by atoms with van der Waals surface area (Å²) < 4.78 is 14.9. The summed E-state index contributed by atoms with van der Waals surface area (Å²) in [7, 11) is 0. The predicted octanol–water partition coefficient (Wildman–Crippen LogP) is 4.39. The summed E-state index contributed by atoms with van der Waals surface area (Å²) in [6.07, 6.45) is 5.08. The van der Waals surface area contributed by atoms with Gasteiger partial charge in [0.1, 0.15) is 17.0 Å². The number of halogens is 1. The molecule has 1 aliphatic carbocycles. The zero-order chi connectivity index (χ0) is 22.9. The molecule has 0 fully saturated rings. The Labute approximate surface area is 190 Å². The number of anilines is 2. The summed E-state index contributed by atoms with van der Waals surface area (Å²) in [5, 5.41) is 6.54. The number of nitrogens with one attached hydrogen (secondary N) is 2. The molecule has 6 nitrogen and oxygen atoms in total. The summed E-state index contributed by atoms with van der Waals surface area (Å²) in [6.45, 7) is 2.47. The molecule has 0 saturated heterocycles. The largest absolute Gasteiger partial charge is 0.380 e. The fourth-order valence-electron chi connectivity index (χ4n) is 4.38. The molecule has 2 aromatic heterocycles. The van der Waals surface area contributed by atoms with Crippen LogP contribution in [0.5, 0.6) is 0 Å². The number of hydrogen-bond donors (Lipinski definition) is 2. The third kappa shape index (κ3) is 4.09. The third-order valence-corrected chi connectivity index (χ3v) is 6.02. The Hall–Kier alpha value is -4.00. The lowest BCUT2D eigenvalue weighted by molar-refractivity contribution is 0.102. The molecule has 166 valence electrons. The molecule has 1 aliphatic rings. The average Bonchev–Trinajstić information content (AvgIpc) is 3.23. The van der Waals surface area contributed by atoms with Gasteiger partial charge in [0.2, 0.25) is 5.43 Å². The number of hydrogen-bond acceptors (Lipinski definition) is 4. The van der Waals surface area contributed by atoms with E-state index >= 15 is 0 Å².